The summed E-state index contributed by atoms with van der Waals surface area (Å²) in [4.78, 5) is 46.3. The molecule has 0 bridgehead atoms. The summed E-state index contributed by atoms with van der Waals surface area (Å²) in [6.45, 7) is 2.14. The number of nitrogens with zero attached hydrogens (tertiary/aromatic N) is 2. The molecular formula is C26H32N2O8. The molecule has 0 saturated carbocycles. The van der Waals surface area contributed by atoms with Gasteiger partial charge in [0.05, 0.1) is 9.85 Å². The van der Waals surface area contributed by atoms with E-state index < -0.39 is 33.1 Å². The molecule has 194 valence electrons. The van der Waals surface area contributed by atoms with Crippen LogP contribution in [0.1, 0.15) is 81.8 Å². The number of benzene rings is 2. The highest BCUT2D eigenvalue weighted by Crippen LogP contribution is 2.44. The quantitative estimate of drug-likeness (QED) is 0.119. The number of hydrogen-bond acceptors (Lipinski definition) is 6. The molecule has 2 N–H and O–H groups in total. The topological polar surface area (TPSA) is 161 Å². The van der Waals surface area contributed by atoms with E-state index in [2.05, 4.69) is 6.92 Å². The van der Waals surface area contributed by atoms with Crippen molar-refractivity contribution in [3.8, 4) is 0 Å². The molecule has 0 radical (unpaired) electrons. The molecule has 36 heavy (non-hydrogen) atoms. The zero-order valence-electron chi connectivity index (χ0n) is 20.3. The average Bonchev–Trinajstić information content (AvgIpc) is 2.84. The van der Waals surface area contributed by atoms with Crippen molar-refractivity contribution in [2.45, 2.75) is 76.0 Å². The van der Waals surface area contributed by atoms with Crippen molar-refractivity contribution in [1.82, 2.24) is 0 Å². The number of non-ortho nitro benzene ring substituents is 2. The van der Waals surface area contributed by atoms with E-state index >= 15 is 0 Å². The minimum atomic E-state index is -2.44. The van der Waals surface area contributed by atoms with Gasteiger partial charge in [0, 0.05) is 30.2 Å². The Labute approximate surface area is 209 Å². The average molecular weight is 501 g/mol. The number of carboxylic acid groups (broad SMARTS) is 2. The van der Waals surface area contributed by atoms with Crippen LogP contribution < -0.4 is 0 Å². The molecule has 0 spiro atoms. The molecule has 0 saturated heterocycles. The Morgan fingerprint density at radius 2 is 1.17 bits per heavy atom. The van der Waals surface area contributed by atoms with Crippen LogP contribution in [0.5, 0.6) is 0 Å². The highest BCUT2D eigenvalue weighted by atomic mass is 16.6. The van der Waals surface area contributed by atoms with E-state index in [4.69, 9.17) is 0 Å². The second kappa shape index (κ2) is 13.3. The third-order valence-corrected chi connectivity index (χ3v) is 6.58. The summed E-state index contributed by atoms with van der Waals surface area (Å²) < 4.78 is 0. The van der Waals surface area contributed by atoms with Crippen molar-refractivity contribution < 1.29 is 29.6 Å². The van der Waals surface area contributed by atoms with Gasteiger partial charge in [-0.3, -0.25) is 29.8 Å². The van der Waals surface area contributed by atoms with E-state index in [1.807, 2.05) is 0 Å². The fourth-order valence-electron chi connectivity index (χ4n) is 4.63. The normalized spacial score (nSPS) is 12.1. The van der Waals surface area contributed by atoms with Gasteiger partial charge in [0.15, 0.2) is 5.41 Å². The largest absolute Gasteiger partial charge is 0.480 e. The standard InChI is InChI=1S/C26H32N2O8/c1-2-3-4-5-6-7-8-9-10-23(19-11-15-21(16-12-19)27(33)34)26(24(29)30,25(31)32)20-13-17-22(18-14-20)28(35)36/h11-18,23H,2-10H2,1H3,(H,29,30)(H,31,32). The summed E-state index contributed by atoms with van der Waals surface area (Å²) in [5.41, 5.74) is -2.69. The van der Waals surface area contributed by atoms with Gasteiger partial charge in [0.1, 0.15) is 0 Å². The molecule has 0 aromatic heterocycles. The molecule has 0 heterocycles. The predicted molar refractivity (Wildman–Crippen MR) is 133 cm³/mol. The van der Waals surface area contributed by atoms with E-state index in [1.54, 1.807) is 0 Å². The SMILES string of the molecule is CCCCCCCCCCC(c1ccc([N+](=O)[O-])cc1)C(C(=O)O)(C(=O)O)c1ccc([N+](=O)[O-])cc1. The first-order valence-corrected chi connectivity index (χ1v) is 12.1. The summed E-state index contributed by atoms with van der Waals surface area (Å²) in [6.07, 6.45) is 8.11. The van der Waals surface area contributed by atoms with Crippen molar-refractivity contribution in [1.29, 1.82) is 0 Å². The number of nitro benzene ring substituents is 2. The molecule has 10 nitrogen and oxygen atoms in total. The second-order valence-electron chi connectivity index (χ2n) is 8.89. The number of hydrogen-bond donors (Lipinski definition) is 2. The molecule has 2 rings (SSSR count). The van der Waals surface area contributed by atoms with Crippen LogP contribution in [0, 0.1) is 20.2 Å². The van der Waals surface area contributed by atoms with Gasteiger partial charge in [-0.1, -0.05) is 82.6 Å². The first-order valence-electron chi connectivity index (χ1n) is 12.1. The zero-order valence-corrected chi connectivity index (χ0v) is 20.3. The summed E-state index contributed by atoms with van der Waals surface area (Å²) in [7, 11) is 0. The third-order valence-electron chi connectivity index (χ3n) is 6.58. The molecule has 1 atom stereocenters. The van der Waals surface area contributed by atoms with E-state index in [0.717, 1.165) is 62.8 Å². The summed E-state index contributed by atoms with van der Waals surface area (Å²) in [5.74, 6) is -4.27. The Hall–Kier alpha value is -3.82. The molecule has 0 aliphatic carbocycles. The molecule has 10 heteroatoms. The van der Waals surface area contributed by atoms with Crippen molar-refractivity contribution in [2.75, 3.05) is 0 Å². The zero-order chi connectivity index (χ0) is 26.7. The Bertz CT molecular complexity index is 1040. The van der Waals surface area contributed by atoms with E-state index in [9.17, 15) is 40.0 Å². The second-order valence-corrected chi connectivity index (χ2v) is 8.89. The van der Waals surface area contributed by atoms with Crippen molar-refractivity contribution >= 4 is 23.3 Å². The van der Waals surface area contributed by atoms with Crippen LogP contribution in [0.3, 0.4) is 0 Å². The molecule has 0 fully saturated rings. The molecule has 0 aliphatic heterocycles. The van der Waals surface area contributed by atoms with Crippen LogP contribution in [-0.4, -0.2) is 32.0 Å². The first kappa shape index (κ1) is 28.4. The first-order chi connectivity index (χ1) is 17.2. The van der Waals surface area contributed by atoms with E-state index in [1.165, 1.54) is 30.7 Å². The lowest BCUT2D eigenvalue weighted by molar-refractivity contribution is -0.385. The molecule has 0 aliphatic rings. The Morgan fingerprint density at radius 1 is 0.750 bits per heavy atom. The fraction of sp³-hybridized carbons (Fsp3) is 0.462. The van der Waals surface area contributed by atoms with E-state index in [-0.39, 0.29) is 23.4 Å². The fourth-order valence-corrected chi connectivity index (χ4v) is 4.63. The molecular weight excluding hydrogens is 468 g/mol. The van der Waals surface area contributed by atoms with Gasteiger partial charge in [-0.25, -0.2) is 0 Å². The van der Waals surface area contributed by atoms with Crippen molar-refractivity contribution in [3.63, 3.8) is 0 Å². The Morgan fingerprint density at radius 3 is 1.58 bits per heavy atom. The van der Waals surface area contributed by atoms with Gasteiger partial charge in [-0.05, 0) is 17.5 Å². The van der Waals surface area contributed by atoms with Crippen LogP contribution in [0.15, 0.2) is 48.5 Å². The lowest BCUT2D eigenvalue weighted by atomic mass is 9.65. The van der Waals surface area contributed by atoms with Gasteiger partial charge in [0.25, 0.3) is 11.4 Å². The number of carboxylic acids is 2. The van der Waals surface area contributed by atoms with Crippen molar-refractivity contribution in [3.05, 3.63) is 79.9 Å². The lowest BCUT2D eigenvalue weighted by Gasteiger charge is -2.34. The molecule has 2 aromatic rings. The number of aliphatic carboxylic acids is 2. The van der Waals surface area contributed by atoms with Crippen LogP contribution in [0.4, 0.5) is 11.4 Å². The van der Waals surface area contributed by atoms with Crippen molar-refractivity contribution in [2.24, 2.45) is 0 Å². The number of carbonyl (C=O) groups is 2. The van der Waals surface area contributed by atoms with Gasteiger partial charge in [0.2, 0.25) is 0 Å². The molecule has 0 amide bonds. The minimum Gasteiger partial charge on any atom is -0.480 e. The van der Waals surface area contributed by atoms with Crippen LogP contribution >= 0.6 is 0 Å². The minimum absolute atomic E-state index is 0.101. The third kappa shape index (κ3) is 6.65. The van der Waals surface area contributed by atoms with Crippen LogP contribution in [0.25, 0.3) is 0 Å². The lowest BCUT2D eigenvalue weighted by Crippen LogP contribution is -2.49. The van der Waals surface area contributed by atoms with E-state index in [0.29, 0.717) is 12.0 Å². The monoisotopic (exact) mass is 500 g/mol. The molecule has 2 aromatic carbocycles. The Kier molecular flexibility index (Phi) is 10.5. The summed E-state index contributed by atoms with van der Waals surface area (Å²) in [6, 6.07) is 9.71. The van der Waals surface area contributed by atoms with Gasteiger partial charge < -0.3 is 10.2 Å². The Balaban J connectivity index is 2.45. The predicted octanol–water partition coefficient (Wildman–Crippen LogP) is 6.22. The van der Waals surface area contributed by atoms with Gasteiger partial charge in [-0.15, -0.1) is 0 Å². The maximum atomic E-state index is 12.7. The van der Waals surface area contributed by atoms with Gasteiger partial charge >= 0.3 is 11.9 Å². The summed E-state index contributed by atoms with van der Waals surface area (Å²) in [5, 5.41) is 42.8. The highest BCUT2D eigenvalue weighted by molar-refractivity contribution is 6.06. The highest BCUT2D eigenvalue weighted by Gasteiger charge is 2.55. The smallest absolute Gasteiger partial charge is 0.326 e. The van der Waals surface area contributed by atoms with Crippen LogP contribution in [0.2, 0.25) is 0 Å². The van der Waals surface area contributed by atoms with Gasteiger partial charge in [-0.2, -0.15) is 0 Å². The summed E-state index contributed by atoms with van der Waals surface area (Å²) >= 11 is 0. The molecule has 1 unspecified atom stereocenters. The maximum absolute atomic E-state index is 12.7. The number of unbranched alkanes of at least 4 members (excludes halogenated alkanes) is 7. The number of nitro groups is 2. The number of rotatable bonds is 16. The maximum Gasteiger partial charge on any atom is 0.326 e. The van der Waals surface area contributed by atoms with Crippen LogP contribution in [-0.2, 0) is 15.0 Å².